The van der Waals surface area contributed by atoms with Crippen LogP contribution in [0.5, 0.6) is 0 Å². The second kappa shape index (κ2) is 11.4. The number of nitrogens with one attached hydrogen (secondary N) is 1. The normalized spacial score (nSPS) is 14.5. The first-order valence-electron chi connectivity index (χ1n) is 12.6. The summed E-state index contributed by atoms with van der Waals surface area (Å²) < 4.78 is 41.9. The van der Waals surface area contributed by atoms with Crippen molar-refractivity contribution in [2.45, 2.75) is 33.5 Å². The molecule has 0 unspecified atom stereocenters. The van der Waals surface area contributed by atoms with Gasteiger partial charge in [-0.25, -0.2) is 9.97 Å². The number of carbonyl (C=O) groups is 1. The van der Waals surface area contributed by atoms with Crippen molar-refractivity contribution in [3.05, 3.63) is 81.3 Å². The van der Waals surface area contributed by atoms with Gasteiger partial charge in [-0.15, -0.1) is 0 Å². The fourth-order valence-electron chi connectivity index (χ4n) is 4.42. The standard InChI is InChI=1S/C29H31F3N6O/c1-18-13-19(2)25(14-21(18)5-8-24-16-34-27(33)20(3)35-24)28(39)36-23-7-6-22(26(15-23)29(30,31)32)17-38-11-9-37(4)10-12-38/h6-7,13-16H,9-12,17H2,1-4H3,(H2,33,34)(H,36,39). The zero-order valence-corrected chi connectivity index (χ0v) is 22.4. The second-order valence-corrected chi connectivity index (χ2v) is 9.86. The Kier molecular flexibility index (Phi) is 8.23. The van der Waals surface area contributed by atoms with Crippen LogP contribution in [0, 0.1) is 32.6 Å². The molecule has 1 saturated heterocycles. The zero-order chi connectivity index (χ0) is 28.3. The van der Waals surface area contributed by atoms with Gasteiger partial charge < -0.3 is 16.0 Å². The molecule has 10 heteroatoms. The van der Waals surface area contributed by atoms with Crippen molar-refractivity contribution < 1.29 is 18.0 Å². The maximum Gasteiger partial charge on any atom is 0.416 e. The molecule has 0 radical (unpaired) electrons. The summed E-state index contributed by atoms with van der Waals surface area (Å²) in [7, 11) is 2.00. The zero-order valence-electron chi connectivity index (χ0n) is 22.4. The third kappa shape index (κ3) is 6.93. The van der Waals surface area contributed by atoms with Crippen molar-refractivity contribution in [2.24, 2.45) is 0 Å². The average molecular weight is 537 g/mol. The van der Waals surface area contributed by atoms with Crippen LogP contribution in [-0.2, 0) is 12.7 Å². The van der Waals surface area contributed by atoms with Gasteiger partial charge in [-0.1, -0.05) is 18.1 Å². The van der Waals surface area contributed by atoms with Gasteiger partial charge >= 0.3 is 6.18 Å². The van der Waals surface area contributed by atoms with E-state index in [0.717, 1.165) is 24.7 Å². The number of anilines is 2. The molecule has 0 spiro atoms. The van der Waals surface area contributed by atoms with Gasteiger partial charge in [0.25, 0.3) is 5.91 Å². The van der Waals surface area contributed by atoms with E-state index in [4.69, 9.17) is 5.73 Å². The summed E-state index contributed by atoms with van der Waals surface area (Å²) in [6.45, 7) is 8.60. The van der Waals surface area contributed by atoms with Crippen LogP contribution in [-0.4, -0.2) is 58.9 Å². The van der Waals surface area contributed by atoms with E-state index < -0.39 is 17.6 Å². The molecule has 0 aliphatic carbocycles. The summed E-state index contributed by atoms with van der Waals surface area (Å²) in [5.74, 6) is 5.75. The number of rotatable bonds is 4. The molecule has 1 aliphatic heterocycles. The number of likely N-dealkylation sites (N-methyl/N-ethyl adjacent to an activating group) is 1. The predicted molar refractivity (Wildman–Crippen MR) is 145 cm³/mol. The van der Waals surface area contributed by atoms with Crippen LogP contribution >= 0.6 is 0 Å². The smallest absolute Gasteiger partial charge is 0.382 e. The van der Waals surface area contributed by atoms with E-state index in [-0.39, 0.29) is 17.8 Å². The number of piperazine rings is 1. The molecule has 3 aromatic rings. The lowest BCUT2D eigenvalue weighted by atomic mass is 9.99. The Labute approximate surface area is 226 Å². The fourth-order valence-corrected chi connectivity index (χ4v) is 4.42. The van der Waals surface area contributed by atoms with Crippen LogP contribution < -0.4 is 11.1 Å². The van der Waals surface area contributed by atoms with Gasteiger partial charge in [-0.3, -0.25) is 9.69 Å². The molecule has 1 aromatic heterocycles. The summed E-state index contributed by atoms with van der Waals surface area (Å²) in [6.07, 6.45) is -3.08. The lowest BCUT2D eigenvalue weighted by Crippen LogP contribution is -2.44. The van der Waals surface area contributed by atoms with E-state index in [2.05, 4.69) is 32.0 Å². The number of alkyl halides is 3. The Morgan fingerprint density at radius 3 is 2.44 bits per heavy atom. The number of carbonyl (C=O) groups excluding carboxylic acids is 1. The van der Waals surface area contributed by atoms with Crippen LogP contribution in [0.3, 0.4) is 0 Å². The SMILES string of the molecule is Cc1cc(C)c(C(=O)Nc2ccc(CN3CCN(C)CC3)c(C(F)(F)F)c2)cc1C#Cc1cnc(N)c(C)n1. The Morgan fingerprint density at radius 1 is 1.05 bits per heavy atom. The molecule has 1 amide bonds. The molecule has 39 heavy (non-hydrogen) atoms. The number of hydrogen-bond acceptors (Lipinski definition) is 6. The van der Waals surface area contributed by atoms with Gasteiger partial charge in [0.05, 0.1) is 17.5 Å². The molecule has 1 fully saturated rings. The number of aryl methyl sites for hydroxylation is 3. The van der Waals surface area contributed by atoms with Crippen LogP contribution in [0.25, 0.3) is 0 Å². The largest absolute Gasteiger partial charge is 0.416 e. The van der Waals surface area contributed by atoms with Crippen molar-refractivity contribution >= 4 is 17.4 Å². The maximum absolute atomic E-state index is 14.0. The molecule has 0 bridgehead atoms. The van der Waals surface area contributed by atoms with E-state index in [0.29, 0.717) is 47.0 Å². The molecular formula is C29H31F3N6O. The molecule has 3 N–H and O–H groups in total. The summed E-state index contributed by atoms with van der Waals surface area (Å²) >= 11 is 0. The van der Waals surface area contributed by atoms with E-state index in [1.54, 1.807) is 19.9 Å². The lowest BCUT2D eigenvalue weighted by Gasteiger charge is -2.33. The summed E-state index contributed by atoms with van der Waals surface area (Å²) in [5, 5.41) is 2.64. The van der Waals surface area contributed by atoms with Crippen molar-refractivity contribution in [2.75, 3.05) is 44.3 Å². The minimum Gasteiger partial charge on any atom is -0.382 e. The van der Waals surface area contributed by atoms with Gasteiger partial charge in [0, 0.05) is 49.5 Å². The Balaban J connectivity index is 1.57. The van der Waals surface area contributed by atoms with Crippen LogP contribution in [0.1, 0.15) is 49.6 Å². The highest BCUT2D eigenvalue weighted by Gasteiger charge is 2.34. The van der Waals surface area contributed by atoms with Crippen molar-refractivity contribution in [3.8, 4) is 11.8 Å². The monoisotopic (exact) mass is 536 g/mol. The maximum atomic E-state index is 14.0. The van der Waals surface area contributed by atoms with Gasteiger partial charge in [0.2, 0.25) is 0 Å². The number of nitrogens with zero attached hydrogens (tertiary/aromatic N) is 4. The molecule has 2 aromatic carbocycles. The summed E-state index contributed by atoms with van der Waals surface area (Å²) in [4.78, 5) is 25.7. The highest BCUT2D eigenvalue weighted by molar-refractivity contribution is 6.05. The summed E-state index contributed by atoms with van der Waals surface area (Å²) in [6, 6.07) is 7.43. The first kappa shape index (κ1) is 28.1. The molecule has 2 heterocycles. The van der Waals surface area contributed by atoms with Gasteiger partial charge in [0.15, 0.2) is 0 Å². The number of benzene rings is 2. The number of nitrogen functional groups attached to an aromatic ring is 1. The van der Waals surface area contributed by atoms with Crippen molar-refractivity contribution in [1.82, 2.24) is 19.8 Å². The Morgan fingerprint density at radius 2 is 1.77 bits per heavy atom. The lowest BCUT2D eigenvalue weighted by molar-refractivity contribution is -0.138. The number of hydrogen-bond donors (Lipinski definition) is 2. The van der Waals surface area contributed by atoms with Crippen molar-refractivity contribution in [1.29, 1.82) is 0 Å². The van der Waals surface area contributed by atoms with E-state index in [1.165, 1.54) is 18.3 Å². The highest BCUT2D eigenvalue weighted by atomic mass is 19.4. The van der Waals surface area contributed by atoms with E-state index >= 15 is 0 Å². The minimum atomic E-state index is -4.55. The van der Waals surface area contributed by atoms with E-state index in [9.17, 15) is 18.0 Å². The highest BCUT2D eigenvalue weighted by Crippen LogP contribution is 2.35. The molecular weight excluding hydrogens is 505 g/mol. The first-order chi connectivity index (χ1) is 18.4. The molecule has 0 saturated carbocycles. The van der Waals surface area contributed by atoms with Gasteiger partial charge in [-0.05, 0) is 68.6 Å². The number of nitrogens with two attached hydrogens (primary N) is 1. The van der Waals surface area contributed by atoms with Crippen LogP contribution in [0.2, 0.25) is 0 Å². The van der Waals surface area contributed by atoms with Gasteiger partial charge in [-0.2, -0.15) is 13.2 Å². The third-order valence-electron chi connectivity index (χ3n) is 6.79. The quantitative estimate of drug-likeness (QED) is 0.481. The third-order valence-corrected chi connectivity index (χ3v) is 6.79. The second-order valence-electron chi connectivity index (χ2n) is 9.86. The first-order valence-corrected chi connectivity index (χ1v) is 12.6. The average Bonchev–Trinajstić information content (AvgIpc) is 2.87. The summed E-state index contributed by atoms with van der Waals surface area (Å²) in [5.41, 5.74) is 8.68. The molecule has 0 atom stereocenters. The van der Waals surface area contributed by atoms with Crippen LogP contribution in [0.15, 0.2) is 36.5 Å². The Bertz CT molecular complexity index is 1450. The number of halogens is 3. The van der Waals surface area contributed by atoms with Crippen LogP contribution in [0.4, 0.5) is 24.7 Å². The fraction of sp³-hybridized carbons (Fsp3) is 0.345. The Hall–Kier alpha value is -3.94. The number of aromatic nitrogens is 2. The predicted octanol–water partition coefficient (Wildman–Crippen LogP) is 4.40. The molecule has 204 valence electrons. The molecule has 7 nitrogen and oxygen atoms in total. The topological polar surface area (TPSA) is 87.4 Å². The van der Waals surface area contributed by atoms with Crippen molar-refractivity contribution in [3.63, 3.8) is 0 Å². The molecule has 1 aliphatic rings. The van der Waals surface area contributed by atoms with Gasteiger partial charge in [0.1, 0.15) is 11.5 Å². The molecule has 4 rings (SSSR count). The number of amides is 1. The minimum absolute atomic E-state index is 0.0784. The van der Waals surface area contributed by atoms with E-state index in [1.807, 2.05) is 24.9 Å².